The molecule has 7 nitrogen and oxygen atoms in total. The molecule has 1 aromatic heterocycles. The third-order valence-corrected chi connectivity index (χ3v) is 5.42. The lowest BCUT2D eigenvalue weighted by Gasteiger charge is -2.25. The molecule has 0 aliphatic carbocycles. The van der Waals surface area contributed by atoms with Gasteiger partial charge in [0.05, 0.1) is 23.4 Å². The van der Waals surface area contributed by atoms with Gasteiger partial charge in [0.2, 0.25) is 0 Å². The van der Waals surface area contributed by atoms with Crippen LogP contribution in [0.25, 0.3) is 5.76 Å². The molecule has 168 valence electrons. The van der Waals surface area contributed by atoms with Crippen molar-refractivity contribution >= 4 is 23.1 Å². The minimum atomic E-state index is -0.937. The highest BCUT2D eigenvalue weighted by molar-refractivity contribution is 6.51. The number of pyridine rings is 1. The molecule has 1 saturated heterocycles. The van der Waals surface area contributed by atoms with E-state index >= 15 is 0 Å². The van der Waals surface area contributed by atoms with Gasteiger partial charge in [-0.1, -0.05) is 12.1 Å². The van der Waals surface area contributed by atoms with Gasteiger partial charge in [-0.15, -0.1) is 0 Å². The first-order chi connectivity index (χ1) is 15.8. The van der Waals surface area contributed by atoms with Crippen LogP contribution in [0, 0.1) is 6.92 Å². The number of carbonyl (C=O) groups excluding carboxylic acids is 2. The molecule has 1 fully saturated rings. The average Bonchev–Trinajstić information content (AvgIpc) is 3.06. The number of hydrogen-bond donors (Lipinski definition) is 2. The van der Waals surface area contributed by atoms with E-state index in [1.165, 1.54) is 11.0 Å². The molecule has 1 aliphatic heterocycles. The number of phenolic OH excluding ortho intramolecular Hbond substituents is 1. The number of aryl methyl sites for hydroxylation is 1. The second-order valence-electron chi connectivity index (χ2n) is 8.09. The molecular weight excluding hydrogens is 420 g/mol. The Hall–Kier alpha value is -4.13. The summed E-state index contributed by atoms with van der Waals surface area (Å²) in [5, 5.41) is 21.6. The van der Waals surface area contributed by atoms with Crippen LogP contribution in [-0.2, 0) is 9.59 Å². The van der Waals surface area contributed by atoms with E-state index in [0.29, 0.717) is 16.9 Å². The van der Waals surface area contributed by atoms with Crippen LogP contribution in [0.5, 0.6) is 11.5 Å². The number of benzene rings is 2. The molecule has 0 spiro atoms. The minimum Gasteiger partial charge on any atom is -0.507 e. The van der Waals surface area contributed by atoms with Crippen LogP contribution in [0.15, 0.2) is 72.6 Å². The maximum absolute atomic E-state index is 13.2. The van der Waals surface area contributed by atoms with Gasteiger partial charge >= 0.3 is 0 Å². The first-order valence-electron chi connectivity index (χ1n) is 10.6. The fraction of sp³-hybridized carbons (Fsp3) is 0.192. The summed E-state index contributed by atoms with van der Waals surface area (Å²) in [6.45, 7) is 5.68. The molecule has 0 radical (unpaired) electrons. The first kappa shape index (κ1) is 22.1. The third-order valence-electron chi connectivity index (χ3n) is 5.42. The lowest BCUT2D eigenvalue weighted by molar-refractivity contribution is -0.132. The number of aliphatic hydroxyl groups is 1. The van der Waals surface area contributed by atoms with Crippen LogP contribution >= 0.6 is 0 Å². The van der Waals surface area contributed by atoms with Gasteiger partial charge in [-0.05, 0) is 74.4 Å². The molecule has 7 heteroatoms. The van der Waals surface area contributed by atoms with Gasteiger partial charge in [0, 0.05) is 18.0 Å². The van der Waals surface area contributed by atoms with Gasteiger partial charge in [0.15, 0.2) is 0 Å². The van der Waals surface area contributed by atoms with E-state index in [4.69, 9.17) is 4.74 Å². The highest BCUT2D eigenvalue weighted by atomic mass is 16.5. The Bertz CT molecular complexity index is 1250. The number of anilines is 1. The normalized spacial score (nSPS) is 17.6. The number of ketones is 1. The van der Waals surface area contributed by atoms with E-state index in [1.807, 2.05) is 20.8 Å². The number of rotatable bonds is 5. The van der Waals surface area contributed by atoms with Gasteiger partial charge in [-0.2, -0.15) is 0 Å². The zero-order valence-electron chi connectivity index (χ0n) is 18.5. The summed E-state index contributed by atoms with van der Waals surface area (Å²) in [5.74, 6) is -1.45. The maximum atomic E-state index is 13.2. The molecule has 1 unspecified atom stereocenters. The van der Waals surface area contributed by atoms with Crippen LogP contribution in [0.4, 0.5) is 5.69 Å². The van der Waals surface area contributed by atoms with E-state index < -0.39 is 17.7 Å². The molecule has 0 bridgehead atoms. The Morgan fingerprint density at radius 3 is 2.39 bits per heavy atom. The number of nitrogens with zero attached hydrogens (tertiary/aromatic N) is 2. The molecule has 3 aromatic rings. The highest BCUT2D eigenvalue weighted by Gasteiger charge is 2.47. The fourth-order valence-electron chi connectivity index (χ4n) is 3.95. The molecule has 1 aliphatic rings. The lowest BCUT2D eigenvalue weighted by atomic mass is 9.95. The highest BCUT2D eigenvalue weighted by Crippen LogP contribution is 2.44. The van der Waals surface area contributed by atoms with E-state index in [2.05, 4.69) is 4.98 Å². The van der Waals surface area contributed by atoms with Gasteiger partial charge in [-0.25, -0.2) is 0 Å². The second-order valence-corrected chi connectivity index (χ2v) is 8.09. The summed E-state index contributed by atoms with van der Waals surface area (Å²) in [4.78, 5) is 31.5. The van der Waals surface area contributed by atoms with Crippen LogP contribution < -0.4 is 9.64 Å². The van der Waals surface area contributed by atoms with Gasteiger partial charge in [0.25, 0.3) is 11.7 Å². The second kappa shape index (κ2) is 8.78. The quantitative estimate of drug-likeness (QED) is 0.341. The number of para-hydroxylation sites is 2. The Kier molecular flexibility index (Phi) is 5.87. The summed E-state index contributed by atoms with van der Waals surface area (Å²) < 4.78 is 5.76. The van der Waals surface area contributed by atoms with Crippen molar-refractivity contribution < 1.29 is 24.5 Å². The first-order valence-corrected chi connectivity index (χ1v) is 10.6. The van der Waals surface area contributed by atoms with Gasteiger partial charge < -0.3 is 14.9 Å². The van der Waals surface area contributed by atoms with E-state index in [0.717, 1.165) is 5.56 Å². The number of Topliss-reactive ketones (excluding diaryl/α,β-unsaturated/α-hetero) is 1. The number of amides is 1. The number of phenols is 1. The largest absolute Gasteiger partial charge is 0.507 e. The average molecular weight is 444 g/mol. The summed E-state index contributed by atoms with van der Waals surface area (Å²) in [7, 11) is 0. The number of aromatic nitrogens is 1. The molecule has 2 heterocycles. The van der Waals surface area contributed by atoms with Crippen molar-refractivity contribution in [2.75, 3.05) is 4.90 Å². The van der Waals surface area contributed by atoms with Crippen LogP contribution in [0.1, 0.15) is 36.6 Å². The molecule has 1 atom stereocenters. The monoisotopic (exact) mass is 444 g/mol. The van der Waals surface area contributed by atoms with Crippen LogP contribution in [-0.4, -0.2) is 33.0 Å². The molecule has 4 rings (SSSR count). The lowest BCUT2D eigenvalue weighted by Crippen LogP contribution is -2.29. The van der Waals surface area contributed by atoms with Gasteiger partial charge in [0.1, 0.15) is 17.3 Å². The predicted molar refractivity (Wildman–Crippen MR) is 124 cm³/mol. The fourth-order valence-corrected chi connectivity index (χ4v) is 3.95. The number of carbonyl (C=O) groups is 2. The predicted octanol–water partition coefficient (Wildman–Crippen LogP) is 4.51. The molecular formula is C26H24N2O5. The molecule has 33 heavy (non-hydrogen) atoms. The van der Waals surface area contributed by atoms with Crippen molar-refractivity contribution in [2.45, 2.75) is 32.9 Å². The summed E-state index contributed by atoms with van der Waals surface area (Å²) in [6.07, 6.45) is 3.07. The number of ether oxygens (including phenoxy) is 1. The summed E-state index contributed by atoms with van der Waals surface area (Å²) >= 11 is 0. The molecule has 1 amide bonds. The third kappa shape index (κ3) is 4.05. The smallest absolute Gasteiger partial charge is 0.300 e. The Labute approximate surface area is 191 Å². The van der Waals surface area contributed by atoms with Crippen LogP contribution in [0.3, 0.4) is 0 Å². The van der Waals surface area contributed by atoms with Crippen molar-refractivity contribution in [3.05, 3.63) is 89.3 Å². The maximum Gasteiger partial charge on any atom is 0.300 e. The van der Waals surface area contributed by atoms with E-state index in [-0.39, 0.29) is 28.9 Å². The Morgan fingerprint density at radius 1 is 1.06 bits per heavy atom. The van der Waals surface area contributed by atoms with E-state index in [1.54, 1.807) is 60.9 Å². The van der Waals surface area contributed by atoms with Crippen molar-refractivity contribution in [3.63, 3.8) is 0 Å². The topological polar surface area (TPSA) is 100.0 Å². The van der Waals surface area contributed by atoms with Crippen LogP contribution in [0.2, 0.25) is 0 Å². The van der Waals surface area contributed by atoms with Gasteiger partial charge in [-0.3, -0.25) is 19.5 Å². The minimum absolute atomic E-state index is 0.0151. The SMILES string of the molecule is Cc1cc(/C(O)=C2/C(=O)C(=O)N(c3ccccc3O)C2c2ccncc2)ccc1OC(C)C. The van der Waals surface area contributed by atoms with Crippen molar-refractivity contribution in [1.29, 1.82) is 0 Å². The molecule has 2 N–H and O–H groups in total. The summed E-state index contributed by atoms with van der Waals surface area (Å²) in [6, 6.07) is 13.8. The van der Waals surface area contributed by atoms with Crippen molar-refractivity contribution in [2.24, 2.45) is 0 Å². The molecule has 2 aromatic carbocycles. The summed E-state index contributed by atoms with van der Waals surface area (Å²) in [5.41, 5.74) is 1.86. The number of aliphatic hydroxyl groups excluding tert-OH is 1. The zero-order valence-corrected chi connectivity index (χ0v) is 18.5. The molecule has 0 saturated carbocycles. The number of hydrogen-bond acceptors (Lipinski definition) is 6. The standard InChI is InChI=1S/C26H24N2O5/c1-15(2)33-21-9-8-18(14-16(21)3)24(30)22-23(17-10-12-27-13-11-17)28(26(32)25(22)31)19-6-4-5-7-20(19)29/h4-15,23,29-30H,1-3H3/b24-22-. The zero-order chi connectivity index (χ0) is 23.7. The van der Waals surface area contributed by atoms with Crippen molar-refractivity contribution in [1.82, 2.24) is 4.98 Å². The number of aromatic hydroxyl groups is 1. The van der Waals surface area contributed by atoms with Crippen molar-refractivity contribution in [3.8, 4) is 11.5 Å². The van der Waals surface area contributed by atoms with E-state index in [9.17, 15) is 19.8 Å². The Balaban J connectivity index is 1.90. The Morgan fingerprint density at radius 2 is 1.76 bits per heavy atom.